The first kappa shape index (κ1) is 20.5. The summed E-state index contributed by atoms with van der Waals surface area (Å²) < 4.78 is 5.56. The SMILES string of the molecule is CC(C)=CC[C@@H](OC(=O)Cc1cccs1)C1=CC(=O)c2c(O)ccc(O)c2C1=O. The number of phenols is 2. The van der Waals surface area contributed by atoms with Crippen molar-refractivity contribution < 1.29 is 29.3 Å². The van der Waals surface area contributed by atoms with E-state index in [2.05, 4.69) is 0 Å². The highest BCUT2D eigenvalue weighted by Crippen LogP contribution is 2.36. The van der Waals surface area contributed by atoms with Crippen molar-refractivity contribution in [1.82, 2.24) is 0 Å². The van der Waals surface area contributed by atoms with Gasteiger partial charge in [-0.1, -0.05) is 17.7 Å². The average molecular weight is 412 g/mol. The van der Waals surface area contributed by atoms with E-state index in [-0.39, 0.29) is 35.3 Å². The van der Waals surface area contributed by atoms with Crippen LogP contribution in [0.2, 0.25) is 0 Å². The molecule has 1 aliphatic rings. The Kier molecular flexibility index (Phi) is 5.98. The van der Waals surface area contributed by atoms with Gasteiger partial charge in [-0.05, 0) is 43.5 Å². The van der Waals surface area contributed by atoms with Crippen molar-refractivity contribution in [3.63, 3.8) is 0 Å². The number of fused-ring (bicyclic) bond motifs is 1. The van der Waals surface area contributed by atoms with Gasteiger partial charge in [0.15, 0.2) is 11.6 Å². The van der Waals surface area contributed by atoms with Crippen LogP contribution in [-0.2, 0) is 16.0 Å². The van der Waals surface area contributed by atoms with Crippen molar-refractivity contribution in [2.24, 2.45) is 0 Å². The van der Waals surface area contributed by atoms with Gasteiger partial charge in [0.2, 0.25) is 0 Å². The largest absolute Gasteiger partial charge is 0.507 e. The molecule has 2 aromatic rings. The second kappa shape index (κ2) is 8.45. The smallest absolute Gasteiger partial charge is 0.311 e. The van der Waals surface area contributed by atoms with Gasteiger partial charge in [0.1, 0.15) is 17.6 Å². The van der Waals surface area contributed by atoms with Gasteiger partial charge in [0, 0.05) is 16.9 Å². The predicted octanol–water partition coefficient (Wildman–Crippen LogP) is 3.98. The Balaban J connectivity index is 1.94. The standard InChI is InChI=1S/C22H20O6S/c1-12(2)5-8-18(28-19(26)10-13-4-3-9-29-13)14-11-17(25)20-15(23)6-7-16(24)21(20)22(14)27/h3-7,9,11,18,23-24H,8,10H2,1-2H3/t18-/m1/s1. The number of Topliss-reactive ketones (excluding diaryl/α,β-unsaturated/α-hetero) is 1. The Morgan fingerprint density at radius 3 is 2.45 bits per heavy atom. The molecule has 0 saturated heterocycles. The fourth-order valence-electron chi connectivity index (χ4n) is 3.06. The highest BCUT2D eigenvalue weighted by atomic mass is 32.1. The molecule has 0 spiro atoms. The molecule has 0 amide bonds. The molecular formula is C22H20O6S. The molecule has 0 aliphatic heterocycles. The van der Waals surface area contributed by atoms with E-state index in [1.807, 2.05) is 31.4 Å². The molecule has 1 aromatic heterocycles. The first-order valence-corrected chi connectivity index (χ1v) is 9.86. The molecule has 0 saturated carbocycles. The lowest BCUT2D eigenvalue weighted by atomic mass is 9.85. The van der Waals surface area contributed by atoms with E-state index in [1.54, 1.807) is 6.08 Å². The summed E-state index contributed by atoms with van der Waals surface area (Å²) in [5.41, 5.74) is 0.412. The van der Waals surface area contributed by atoms with Crippen LogP contribution < -0.4 is 0 Å². The van der Waals surface area contributed by atoms with E-state index in [1.165, 1.54) is 11.3 Å². The van der Waals surface area contributed by atoms with E-state index < -0.39 is 29.4 Å². The lowest BCUT2D eigenvalue weighted by molar-refractivity contribution is -0.146. The number of esters is 1. The van der Waals surface area contributed by atoms with Crippen LogP contribution in [0.25, 0.3) is 0 Å². The summed E-state index contributed by atoms with van der Waals surface area (Å²) in [5, 5.41) is 21.9. The van der Waals surface area contributed by atoms with Gasteiger partial charge in [-0.3, -0.25) is 14.4 Å². The molecule has 3 rings (SSSR count). The zero-order valence-electron chi connectivity index (χ0n) is 16.0. The van der Waals surface area contributed by atoms with Crippen molar-refractivity contribution in [1.29, 1.82) is 0 Å². The molecule has 2 N–H and O–H groups in total. The van der Waals surface area contributed by atoms with Gasteiger partial charge < -0.3 is 14.9 Å². The number of hydrogen-bond acceptors (Lipinski definition) is 7. The second-order valence-electron chi connectivity index (χ2n) is 6.90. The van der Waals surface area contributed by atoms with E-state index in [9.17, 15) is 24.6 Å². The van der Waals surface area contributed by atoms with Crippen LogP contribution in [0.4, 0.5) is 0 Å². The number of carbonyl (C=O) groups is 3. The molecule has 0 unspecified atom stereocenters. The number of carbonyl (C=O) groups excluding carboxylic acids is 3. The molecule has 0 radical (unpaired) electrons. The van der Waals surface area contributed by atoms with Gasteiger partial charge >= 0.3 is 5.97 Å². The second-order valence-corrected chi connectivity index (χ2v) is 7.93. The molecule has 150 valence electrons. The fraction of sp³-hybridized carbons (Fsp3) is 0.227. The molecule has 7 heteroatoms. The maximum Gasteiger partial charge on any atom is 0.311 e. The van der Waals surface area contributed by atoms with E-state index in [4.69, 9.17) is 4.74 Å². The van der Waals surface area contributed by atoms with Crippen LogP contribution in [0.3, 0.4) is 0 Å². The summed E-state index contributed by atoms with van der Waals surface area (Å²) in [7, 11) is 0. The number of thiophene rings is 1. The van der Waals surface area contributed by atoms with Crippen molar-refractivity contribution >= 4 is 28.9 Å². The molecule has 29 heavy (non-hydrogen) atoms. The Bertz CT molecular complexity index is 1030. The highest BCUT2D eigenvalue weighted by molar-refractivity contribution is 7.10. The van der Waals surface area contributed by atoms with Gasteiger partial charge in [0.05, 0.1) is 17.5 Å². The lowest BCUT2D eigenvalue weighted by Crippen LogP contribution is -2.29. The predicted molar refractivity (Wildman–Crippen MR) is 108 cm³/mol. The topological polar surface area (TPSA) is 101 Å². The summed E-state index contributed by atoms with van der Waals surface area (Å²) in [6, 6.07) is 5.94. The maximum atomic E-state index is 13.0. The molecule has 6 nitrogen and oxygen atoms in total. The fourth-order valence-corrected chi connectivity index (χ4v) is 3.75. The number of phenolic OH excluding ortho intramolecular Hbond substituents is 2. The first-order chi connectivity index (χ1) is 13.8. The number of ether oxygens (including phenoxy) is 1. The van der Waals surface area contributed by atoms with Crippen molar-refractivity contribution in [3.8, 4) is 11.5 Å². The van der Waals surface area contributed by atoms with Gasteiger partial charge in [-0.15, -0.1) is 11.3 Å². The molecular weight excluding hydrogens is 392 g/mol. The molecule has 1 aliphatic carbocycles. The molecule has 0 fully saturated rings. The Morgan fingerprint density at radius 1 is 1.14 bits per heavy atom. The number of allylic oxidation sites excluding steroid dienone is 2. The zero-order chi connectivity index (χ0) is 21.1. The van der Waals surface area contributed by atoms with Crippen molar-refractivity contribution in [2.45, 2.75) is 32.8 Å². The van der Waals surface area contributed by atoms with Crippen molar-refractivity contribution in [2.75, 3.05) is 0 Å². The summed E-state index contributed by atoms with van der Waals surface area (Å²) in [5.74, 6) is -2.59. The van der Waals surface area contributed by atoms with E-state index in [0.717, 1.165) is 28.7 Å². The number of ketones is 2. The van der Waals surface area contributed by atoms with Crippen molar-refractivity contribution in [3.05, 3.63) is 68.9 Å². The quantitative estimate of drug-likeness (QED) is 0.423. The molecule has 0 bridgehead atoms. The first-order valence-electron chi connectivity index (χ1n) is 8.98. The third-order valence-corrected chi connectivity index (χ3v) is 5.32. The van der Waals surface area contributed by atoms with Gasteiger partial charge in [0.25, 0.3) is 0 Å². The van der Waals surface area contributed by atoms with Crippen LogP contribution in [0, 0.1) is 0 Å². The summed E-state index contributed by atoms with van der Waals surface area (Å²) >= 11 is 1.42. The molecule has 1 atom stereocenters. The third-order valence-electron chi connectivity index (χ3n) is 4.44. The summed E-state index contributed by atoms with van der Waals surface area (Å²) in [6.07, 6.45) is 2.16. The number of hydrogen-bond donors (Lipinski definition) is 2. The minimum Gasteiger partial charge on any atom is -0.507 e. The Labute approximate surface area is 171 Å². The van der Waals surface area contributed by atoms with Crippen LogP contribution >= 0.6 is 11.3 Å². The van der Waals surface area contributed by atoms with E-state index in [0.29, 0.717) is 0 Å². The van der Waals surface area contributed by atoms with Gasteiger partial charge in [-0.2, -0.15) is 0 Å². The van der Waals surface area contributed by atoms with E-state index >= 15 is 0 Å². The number of aromatic hydroxyl groups is 2. The third kappa shape index (κ3) is 4.46. The van der Waals surface area contributed by atoms with Crippen LogP contribution in [0.1, 0.15) is 45.9 Å². The minimum absolute atomic E-state index is 0.0274. The molecule has 1 aromatic carbocycles. The maximum absolute atomic E-state index is 13.0. The van der Waals surface area contributed by atoms with Gasteiger partial charge in [-0.25, -0.2) is 0 Å². The van der Waals surface area contributed by atoms with Crippen LogP contribution in [0.5, 0.6) is 11.5 Å². The monoisotopic (exact) mass is 412 g/mol. The lowest BCUT2D eigenvalue weighted by Gasteiger charge is -2.23. The van der Waals surface area contributed by atoms with Crippen LogP contribution in [0.15, 0.2) is 52.9 Å². The average Bonchev–Trinajstić information content (AvgIpc) is 3.16. The Morgan fingerprint density at radius 2 is 1.83 bits per heavy atom. The highest BCUT2D eigenvalue weighted by Gasteiger charge is 2.35. The van der Waals surface area contributed by atoms with Crippen LogP contribution in [-0.4, -0.2) is 33.9 Å². The minimum atomic E-state index is -0.983. The summed E-state index contributed by atoms with van der Waals surface area (Å²) in [6.45, 7) is 3.73. The zero-order valence-corrected chi connectivity index (χ0v) is 16.8. The number of benzene rings is 1. The normalized spacial score (nSPS) is 14.1. The Hall–Kier alpha value is -3.19. The summed E-state index contributed by atoms with van der Waals surface area (Å²) in [4.78, 5) is 38.8. The molecule has 1 heterocycles. The number of rotatable bonds is 6.